The summed E-state index contributed by atoms with van der Waals surface area (Å²) in [7, 11) is 0. The van der Waals surface area contributed by atoms with Gasteiger partial charge in [0.1, 0.15) is 0 Å². The van der Waals surface area contributed by atoms with Gasteiger partial charge in [0.15, 0.2) is 0 Å². The lowest BCUT2D eigenvalue weighted by Crippen LogP contribution is -3.30. The van der Waals surface area contributed by atoms with E-state index in [0.29, 0.717) is 0 Å². The van der Waals surface area contributed by atoms with Gasteiger partial charge in [-0.1, -0.05) is 0 Å². The van der Waals surface area contributed by atoms with Crippen LogP contribution in [0.2, 0.25) is 0 Å². The molecule has 0 N–H and O–H groups in total. The van der Waals surface area contributed by atoms with Crippen LogP contribution in [0.5, 0.6) is 0 Å². The highest BCUT2D eigenvalue weighted by Crippen LogP contribution is 3.34. The van der Waals surface area contributed by atoms with Crippen LogP contribution >= 0.6 is 0 Å². The van der Waals surface area contributed by atoms with Gasteiger partial charge in [-0.2, -0.15) is 0 Å². The maximum absolute atomic E-state index is 1.77. The second-order valence-corrected chi connectivity index (χ2v) is 16.3. The van der Waals surface area contributed by atoms with E-state index < -0.39 is 0 Å². The zero-order chi connectivity index (χ0) is 15.6. The van der Waals surface area contributed by atoms with E-state index in [4.69, 9.17) is 0 Å². The summed E-state index contributed by atoms with van der Waals surface area (Å²) in [5.74, 6) is 21.5. The molecule has 23 unspecified atom stereocenters. The van der Waals surface area contributed by atoms with Crippen molar-refractivity contribution in [3.63, 3.8) is 0 Å². The van der Waals surface area contributed by atoms with Crippen molar-refractivity contribution in [2.75, 3.05) is 0 Å². The Morgan fingerprint density at radius 1 is 0.444 bits per heavy atom. The molecule has 0 heterocycles. The quantitative estimate of drug-likeness (QED) is 0.628. The van der Waals surface area contributed by atoms with Crippen molar-refractivity contribution in [3.8, 4) is 0 Å². The fourth-order valence-electron chi connectivity index (χ4n) is 23.3. The average molecular weight is 348 g/mol. The molecule has 132 valence electrons. The molecule has 0 aliphatic heterocycles. The smallest absolute Gasteiger partial charge is 0.00932 e. The lowest BCUT2D eigenvalue weighted by Gasteiger charge is -3.32. The van der Waals surface area contributed by atoms with Crippen molar-refractivity contribution >= 4 is 0 Å². The fraction of sp³-hybridized carbons (Fsp3) is 1.00. The molecule has 0 nitrogen and oxygen atoms in total. The first-order valence-corrected chi connectivity index (χ1v) is 13.4. The van der Waals surface area contributed by atoms with E-state index in [1.54, 1.807) is 25.7 Å². The molecule has 0 aromatic carbocycles. The van der Waals surface area contributed by atoms with Gasteiger partial charge in [-0.15, -0.1) is 0 Å². The van der Waals surface area contributed by atoms with Crippen molar-refractivity contribution in [1.82, 2.24) is 0 Å². The van der Waals surface area contributed by atoms with Crippen molar-refractivity contribution in [2.45, 2.75) is 25.7 Å². The first-order chi connectivity index (χ1) is 13.4. The van der Waals surface area contributed by atoms with Crippen molar-refractivity contribution in [2.24, 2.45) is 133 Å². The van der Waals surface area contributed by atoms with Gasteiger partial charge < -0.3 is 0 Å². The zero-order valence-electron chi connectivity index (χ0n) is 15.6. The van der Waals surface area contributed by atoms with Crippen LogP contribution in [-0.4, -0.2) is 0 Å². The van der Waals surface area contributed by atoms with Gasteiger partial charge in [-0.25, -0.2) is 0 Å². The highest BCUT2D eigenvalue weighted by molar-refractivity contribution is 5.77. The zero-order valence-corrected chi connectivity index (χ0v) is 15.6. The van der Waals surface area contributed by atoms with Crippen LogP contribution in [0.4, 0.5) is 0 Å². The number of fused-ring (bicyclic) bond motifs is 10. The summed E-state index contributed by atoms with van der Waals surface area (Å²) in [6, 6.07) is 0. The molecular weight excluding hydrogens is 324 g/mol. The van der Waals surface area contributed by atoms with Gasteiger partial charge in [-0.05, 0) is 158 Å². The first-order valence-electron chi connectivity index (χ1n) is 13.4. The third-order valence-electron chi connectivity index (χ3n) is 20.2. The molecule has 17 fully saturated rings. The van der Waals surface area contributed by atoms with E-state index in [0.717, 1.165) is 37.9 Å². The average Bonchev–Trinajstić information content (AvgIpc) is 2.98. The molecule has 17 rings (SSSR count). The van der Waals surface area contributed by atoms with Crippen LogP contribution in [0.25, 0.3) is 0 Å². The summed E-state index contributed by atoms with van der Waals surface area (Å²) in [6.07, 6.45) is 6.99. The van der Waals surface area contributed by atoms with Gasteiger partial charge >= 0.3 is 0 Å². The predicted molar refractivity (Wildman–Crippen MR) is 91.3 cm³/mol. The Hall–Kier alpha value is 0. The second-order valence-electron chi connectivity index (χ2n) is 16.3. The Morgan fingerprint density at radius 2 is 1.00 bits per heavy atom. The number of rotatable bonds is 0. The minimum atomic E-state index is 1.06. The molecule has 0 amide bonds. The van der Waals surface area contributed by atoms with Crippen molar-refractivity contribution in [3.05, 3.63) is 0 Å². The molecule has 17 aliphatic carbocycles. The third kappa shape index (κ3) is 0.330. The van der Waals surface area contributed by atoms with Gasteiger partial charge in [0, 0.05) is 0 Å². The Bertz CT molecular complexity index is 1150. The third-order valence-corrected chi connectivity index (χ3v) is 20.2. The Kier molecular flexibility index (Phi) is 0.705. The highest BCUT2D eigenvalue weighted by Gasteiger charge is 3.31. The summed E-state index contributed by atoms with van der Waals surface area (Å²) in [5.41, 5.74) is 7.61. The molecule has 2 bridgehead atoms. The molecule has 0 heteroatoms. The second kappa shape index (κ2) is 1.84. The van der Waals surface area contributed by atoms with Gasteiger partial charge in [-0.3, -0.25) is 0 Å². The molecule has 0 saturated heterocycles. The minimum Gasteiger partial charge on any atom is -0.0464 e. The van der Waals surface area contributed by atoms with E-state index in [1.165, 1.54) is 94.7 Å². The monoisotopic (exact) mass is 348 g/mol. The molecule has 17 saturated carbocycles. The SMILES string of the molecule is C1C2CC34C1C1C5C6C7C8C9CC%10CC%11C%12C%13C%14C%15C(C23)C14C5%15C6%14C7%13C8%12C%109%11. The predicted octanol–water partition coefficient (Wildman–Crippen LogP) is 3.53. The van der Waals surface area contributed by atoms with Gasteiger partial charge in [0.2, 0.25) is 0 Å². The van der Waals surface area contributed by atoms with E-state index in [9.17, 15) is 0 Å². The molecule has 27 heavy (non-hydrogen) atoms. The Morgan fingerprint density at radius 3 is 1.70 bits per heavy atom. The van der Waals surface area contributed by atoms with Gasteiger partial charge in [0.05, 0.1) is 0 Å². The van der Waals surface area contributed by atoms with E-state index >= 15 is 0 Å². The molecule has 0 aromatic heterocycles. The van der Waals surface area contributed by atoms with Crippen LogP contribution in [0.15, 0.2) is 0 Å². The summed E-state index contributed by atoms with van der Waals surface area (Å²) < 4.78 is 0. The topological polar surface area (TPSA) is 0 Å². The van der Waals surface area contributed by atoms with Crippen LogP contribution in [0.1, 0.15) is 25.7 Å². The summed E-state index contributed by atoms with van der Waals surface area (Å²) >= 11 is 0. The molecule has 17 aliphatic rings. The highest BCUT2D eigenvalue weighted by atomic mass is 15.3. The summed E-state index contributed by atoms with van der Waals surface area (Å²) in [6.45, 7) is 0. The Labute approximate surface area is 158 Å². The summed E-state index contributed by atoms with van der Waals surface area (Å²) in [5, 5.41) is 0. The van der Waals surface area contributed by atoms with Gasteiger partial charge in [0.25, 0.3) is 0 Å². The largest absolute Gasteiger partial charge is 0.0464 e. The van der Waals surface area contributed by atoms with Crippen LogP contribution in [-0.2, 0) is 0 Å². The summed E-state index contributed by atoms with van der Waals surface area (Å²) in [4.78, 5) is 0. The maximum atomic E-state index is 1.77. The molecule has 23 atom stereocenters. The normalized spacial score (nSPS) is 117. The lowest BCUT2D eigenvalue weighted by molar-refractivity contribution is -0.870. The van der Waals surface area contributed by atoms with Crippen molar-refractivity contribution in [1.29, 1.82) is 0 Å². The van der Waals surface area contributed by atoms with Crippen molar-refractivity contribution < 1.29 is 0 Å². The molecule has 0 aromatic rings. The van der Waals surface area contributed by atoms with Crippen LogP contribution in [0.3, 0.4) is 0 Å². The fourth-order valence-corrected chi connectivity index (χ4v) is 23.3. The lowest BCUT2D eigenvalue weighted by atomic mass is 8.71. The number of hydrogen-bond donors (Lipinski definition) is 0. The molecular formula is C27H24. The van der Waals surface area contributed by atoms with E-state index in [2.05, 4.69) is 0 Å². The van der Waals surface area contributed by atoms with Crippen LogP contribution in [0, 0.1) is 133 Å². The molecule has 7 spiro atoms. The maximum Gasteiger partial charge on any atom is -0.00932 e. The molecule has 0 radical (unpaired) electrons. The standard InChI is InChI=1S/C27H24/c1-5-4-21-7(1)11-15-19-16-12-8-2-6-3-9-13-17-20-18-14(10(5)21)23(11,21)25(15,18)27(19,20)26(16,17)24(12,13)22(6,8)9/h5-20H,1-4H2. The van der Waals surface area contributed by atoms with E-state index in [-0.39, 0.29) is 0 Å². The Balaban J connectivity index is 1.06. The van der Waals surface area contributed by atoms with E-state index in [1.807, 2.05) is 0 Å². The minimum absolute atomic E-state index is 1.06. The first kappa shape index (κ1) is 10.3. The van der Waals surface area contributed by atoms with Crippen LogP contribution < -0.4 is 0 Å². The number of hydrogen-bond acceptors (Lipinski definition) is 0.